The van der Waals surface area contributed by atoms with Crippen LogP contribution in [0.25, 0.3) is 0 Å². The van der Waals surface area contributed by atoms with Crippen molar-refractivity contribution in [1.82, 2.24) is 20.4 Å². The highest BCUT2D eigenvalue weighted by atomic mass is 16.2. The third-order valence-corrected chi connectivity index (χ3v) is 5.77. The van der Waals surface area contributed by atoms with Crippen LogP contribution in [0.15, 0.2) is 28.7 Å². The number of amides is 1. The number of hydrogen-bond donors (Lipinski definition) is 2. The number of carbonyl (C=O) groups is 1. The van der Waals surface area contributed by atoms with Crippen LogP contribution in [0.2, 0.25) is 0 Å². The molecule has 4 heterocycles. The van der Waals surface area contributed by atoms with Gasteiger partial charge in [0.15, 0.2) is 0 Å². The maximum atomic E-state index is 12.3. The highest BCUT2D eigenvalue weighted by molar-refractivity contribution is 5.80. The summed E-state index contributed by atoms with van der Waals surface area (Å²) in [5, 5.41) is 15.4. The molecule has 0 aromatic heterocycles. The van der Waals surface area contributed by atoms with Crippen LogP contribution in [0.3, 0.4) is 0 Å². The van der Waals surface area contributed by atoms with Gasteiger partial charge < -0.3 is 20.4 Å². The SMILES string of the molecule is CC1CN(C(=O)CC#N)C12CCCN(C1=C3C=CNC3N=CN1)C2. The normalized spacial score (nSPS) is 33.7. The average molecular weight is 326 g/mol. The summed E-state index contributed by atoms with van der Waals surface area (Å²) in [5.41, 5.74) is 1.01. The van der Waals surface area contributed by atoms with Crippen LogP contribution in [-0.2, 0) is 4.79 Å². The van der Waals surface area contributed by atoms with Gasteiger partial charge in [-0.2, -0.15) is 5.26 Å². The van der Waals surface area contributed by atoms with Crippen LogP contribution in [0.4, 0.5) is 0 Å². The molecule has 7 nitrogen and oxygen atoms in total. The Hall–Kier alpha value is -2.49. The first-order chi connectivity index (χ1) is 11.7. The first-order valence-corrected chi connectivity index (χ1v) is 8.53. The molecule has 4 rings (SSSR count). The van der Waals surface area contributed by atoms with E-state index in [0.29, 0.717) is 5.92 Å². The summed E-state index contributed by atoms with van der Waals surface area (Å²) in [5.74, 6) is 1.51. The van der Waals surface area contributed by atoms with E-state index < -0.39 is 0 Å². The Morgan fingerprint density at radius 1 is 1.58 bits per heavy atom. The second-order valence-corrected chi connectivity index (χ2v) is 7.00. The van der Waals surface area contributed by atoms with Gasteiger partial charge >= 0.3 is 0 Å². The molecule has 0 aromatic carbocycles. The Bertz CT molecular complexity index is 690. The van der Waals surface area contributed by atoms with Gasteiger partial charge in [0.1, 0.15) is 18.4 Å². The minimum absolute atomic E-state index is 0.00531. The minimum Gasteiger partial charge on any atom is -0.366 e. The molecule has 0 radical (unpaired) electrons. The molecule has 7 heteroatoms. The highest BCUT2D eigenvalue weighted by Crippen LogP contribution is 2.44. The van der Waals surface area contributed by atoms with E-state index in [1.165, 1.54) is 0 Å². The molecule has 3 atom stereocenters. The van der Waals surface area contributed by atoms with Gasteiger partial charge in [0.25, 0.3) is 0 Å². The lowest BCUT2D eigenvalue weighted by molar-refractivity contribution is -0.162. The van der Waals surface area contributed by atoms with Crippen molar-refractivity contribution < 1.29 is 4.79 Å². The minimum atomic E-state index is -0.138. The topological polar surface area (TPSA) is 83.8 Å². The van der Waals surface area contributed by atoms with E-state index in [1.54, 1.807) is 6.34 Å². The molecule has 3 unspecified atom stereocenters. The summed E-state index contributed by atoms with van der Waals surface area (Å²) in [6.07, 6.45) is 7.75. The van der Waals surface area contributed by atoms with Crippen molar-refractivity contribution in [2.75, 3.05) is 19.6 Å². The Labute approximate surface area is 141 Å². The number of aliphatic imine (C=N–C) groups is 1. The fourth-order valence-electron chi connectivity index (χ4n) is 4.44. The van der Waals surface area contributed by atoms with E-state index >= 15 is 0 Å². The molecule has 0 saturated carbocycles. The number of carbonyl (C=O) groups excluding carboxylic acids is 1. The summed E-state index contributed by atoms with van der Waals surface area (Å²) < 4.78 is 0. The first-order valence-electron chi connectivity index (χ1n) is 8.53. The Morgan fingerprint density at radius 2 is 2.46 bits per heavy atom. The maximum absolute atomic E-state index is 12.3. The number of likely N-dealkylation sites (tertiary alicyclic amines) is 2. The van der Waals surface area contributed by atoms with E-state index in [-0.39, 0.29) is 24.0 Å². The van der Waals surface area contributed by atoms with E-state index in [2.05, 4.69) is 33.5 Å². The molecule has 1 spiro atoms. The van der Waals surface area contributed by atoms with Crippen LogP contribution in [0.5, 0.6) is 0 Å². The van der Waals surface area contributed by atoms with Crippen LogP contribution in [-0.4, -0.2) is 53.4 Å². The molecule has 4 aliphatic heterocycles. The number of piperidine rings is 1. The Kier molecular flexibility index (Phi) is 3.48. The fourth-order valence-corrected chi connectivity index (χ4v) is 4.44. The third-order valence-electron chi connectivity index (χ3n) is 5.77. The lowest BCUT2D eigenvalue weighted by atomic mass is 9.69. The van der Waals surface area contributed by atoms with Crippen molar-refractivity contribution in [3.05, 3.63) is 23.7 Å². The number of fused-ring (bicyclic) bond motifs is 1. The predicted octanol–water partition coefficient (Wildman–Crippen LogP) is 0.499. The van der Waals surface area contributed by atoms with E-state index in [9.17, 15) is 4.79 Å². The number of nitriles is 1. The zero-order valence-corrected chi connectivity index (χ0v) is 13.8. The van der Waals surface area contributed by atoms with Gasteiger partial charge in [0, 0.05) is 25.2 Å². The molecule has 4 aliphatic rings. The van der Waals surface area contributed by atoms with Gasteiger partial charge in [0.05, 0.1) is 17.9 Å². The van der Waals surface area contributed by atoms with Crippen LogP contribution >= 0.6 is 0 Å². The average Bonchev–Trinajstić information content (AvgIpc) is 3.08. The summed E-state index contributed by atoms with van der Waals surface area (Å²) in [7, 11) is 0. The number of nitrogens with one attached hydrogen (secondary N) is 2. The van der Waals surface area contributed by atoms with Crippen LogP contribution in [0.1, 0.15) is 26.2 Å². The Balaban J connectivity index is 1.59. The summed E-state index contributed by atoms with van der Waals surface area (Å²) in [6, 6.07) is 2.00. The molecular weight excluding hydrogens is 304 g/mol. The standard InChI is InChI=1S/C17H22N6O/c1-12-9-23(14(24)3-6-18)17(12)5-2-8-22(10-17)16-13-4-7-19-15(13)20-11-21-16/h4,7,11-12,15,19H,2-3,5,8-10H2,1H3,(H,20,21). The molecule has 0 aliphatic carbocycles. The molecule has 2 saturated heterocycles. The van der Waals surface area contributed by atoms with Crippen molar-refractivity contribution >= 4 is 12.2 Å². The molecule has 2 fully saturated rings. The van der Waals surface area contributed by atoms with Crippen molar-refractivity contribution in [3.63, 3.8) is 0 Å². The zero-order valence-electron chi connectivity index (χ0n) is 13.8. The van der Waals surface area contributed by atoms with Gasteiger partial charge in [-0.25, -0.2) is 4.99 Å². The summed E-state index contributed by atoms with van der Waals surface area (Å²) in [6.45, 7) is 4.76. The van der Waals surface area contributed by atoms with Gasteiger partial charge in [-0.1, -0.05) is 6.92 Å². The molecule has 126 valence electrons. The van der Waals surface area contributed by atoms with E-state index in [1.807, 2.05) is 17.2 Å². The molecule has 24 heavy (non-hydrogen) atoms. The maximum Gasteiger partial charge on any atom is 0.237 e. The number of nitrogens with zero attached hydrogens (tertiary/aromatic N) is 4. The van der Waals surface area contributed by atoms with Gasteiger partial charge in [-0.05, 0) is 31.0 Å². The van der Waals surface area contributed by atoms with E-state index in [4.69, 9.17) is 5.26 Å². The van der Waals surface area contributed by atoms with Crippen LogP contribution in [0, 0.1) is 17.2 Å². The largest absolute Gasteiger partial charge is 0.366 e. The highest BCUT2D eigenvalue weighted by Gasteiger charge is 2.55. The predicted molar refractivity (Wildman–Crippen MR) is 89.4 cm³/mol. The molecule has 1 amide bonds. The zero-order chi connectivity index (χ0) is 16.7. The van der Waals surface area contributed by atoms with Crippen LogP contribution < -0.4 is 10.6 Å². The molecule has 0 aromatic rings. The molecule has 0 bridgehead atoms. The fraction of sp³-hybridized carbons (Fsp3) is 0.588. The lowest BCUT2D eigenvalue weighted by Crippen LogP contribution is -2.73. The van der Waals surface area contributed by atoms with Crippen molar-refractivity contribution in [3.8, 4) is 6.07 Å². The second-order valence-electron chi connectivity index (χ2n) is 7.00. The quantitative estimate of drug-likeness (QED) is 0.772. The van der Waals surface area contributed by atoms with Gasteiger partial charge in [-0.15, -0.1) is 0 Å². The first kappa shape index (κ1) is 15.1. The summed E-state index contributed by atoms with van der Waals surface area (Å²) in [4.78, 5) is 21.0. The van der Waals surface area contributed by atoms with E-state index in [0.717, 1.165) is 43.9 Å². The number of rotatable bonds is 2. The monoisotopic (exact) mass is 326 g/mol. The van der Waals surface area contributed by atoms with Gasteiger partial charge in [0.2, 0.25) is 5.91 Å². The molecule has 2 N–H and O–H groups in total. The lowest BCUT2D eigenvalue weighted by Gasteiger charge is -2.61. The second kappa shape index (κ2) is 5.55. The summed E-state index contributed by atoms with van der Waals surface area (Å²) >= 11 is 0. The van der Waals surface area contributed by atoms with Crippen molar-refractivity contribution in [2.24, 2.45) is 10.9 Å². The third kappa shape index (κ3) is 2.09. The Morgan fingerprint density at radius 3 is 3.25 bits per heavy atom. The van der Waals surface area contributed by atoms with Crippen molar-refractivity contribution in [2.45, 2.75) is 37.9 Å². The van der Waals surface area contributed by atoms with Crippen molar-refractivity contribution in [1.29, 1.82) is 5.26 Å². The molecular formula is C17H22N6O. The van der Waals surface area contributed by atoms with Gasteiger partial charge in [-0.3, -0.25) is 4.79 Å². The number of hydrogen-bond acceptors (Lipinski definition) is 6. The smallest absolute Gasteiger partial charge is 0.237 e.